The van der Waals surface area contributed by atoms with Gasteiger partial charge in [0.15, 0.2) is 0 Å². The Labute approximate surface area is 155 Å². The van der Waals surface area contributed by atoms with Crippen LogP contribution in [0.4, 0.5) is 5.82 Å². The Morgan fingerprint density at radius 3 is 2.65 bits per heavy atom. The first kappa shape index (κ1) is 17.9. The average Bonchev–Trinajstić information content (AvgIpc) is 2.67. The summed E-state index contributed by atoms with van der Waals surface area (Å²) in [6.45, 7) is 10.2. The van der Waals surface area contributed by atoms with E-state index in [-0.39, 0.29) is 0 Å². The molecule has 2 aromatic carbocycles. The zero-order valence-corrected chi connectivity index (χ0v) is 15.4. The molecule has 4 nitrogen and oxygen atoms in total. The van der Waals surface area contributed by atoms with Gasteiger partial charge < -0.3 is 9.64 Å². The van der Waals surface area contributed by atoms with Crippen LogP contribution in [0.25, 0.3) is 10.9 Å². The predicted octanol–water partition coefficient (Wildman–Crippen LogP) is 4.82. The van der Waals surface area contributed by atoms with Crippen LogP contribution in [0.3, 0.4) is 0 Å². The van der Waals surface area contributed by atoms with Gasteiger partial charge in [-0.25, -0.2) is 9.97 Å². The lowest BCUT2D eigenvalue weighted by Crippen LogP contribution is -2.29. The fourth-order valence-electron chi connectivity index (χ4n) is 3.04. The van der Waals surface area contributed by atoms with Crippen molar-refractivity contribution in [2.75, 3.05) is 24.6 Å². The Balaban J connectivity index is 1.76. The van der Waals surface area contributed by atoms with Gasteiger partial charge in [-0.1, -0.05) is 50.3 Å². The van der Waals surface area contributed by atoms with Gasteiger partial charge in [-0.15, -0.1) is 6.58 Å². The van der Waals surface area contributed by atoms with Gasteiger partial charge >= 0.3 is 0 Å². The van der Waals surface area contributed by atoms with Crippen molar-refractivity contribution in [1.82, 2.24) is 9.97 Å². The number of fused-ring (bicyclic) bond motifs is 1. The molecule has 0 amide bonds. The van der Waals surface area contributed by atoms with Crippen LogP contribution in [-0.4, -0.2) is 29.7 Å². The molecule has 3 aromatic rings. The molecule has 26 heavy (non-hydrogen) atoms. The summed E-state index contributed by atoms with van der Waals surface area (Å²) in [7, 11) is 0. The third kappa shape index (κ3) is 4.02. The number of hydrogen-bond acceptors (Lipinski definition) is 4. The molecule has 0 bridgehead atoms. The topological polar surface area (TPSA) is 38.2 Å². The third-order valence-electron chi connectivity index (χ3n) is 4.33. The molecule has 134 valence electrons. The Bertz CT molecular complexity index is 871. The molecule has 0 radical (unpaired) electrons. The van der Waals surface area contributed by atoms with Crippen LogP contribution in [-0.2, 0) is 0 Å². The minimum Gasteiger partial charge on any atom is -0.491 e. The van der Waals surface area contributed by atoms with E-state index in [1.807, 2.05) is 36.4 Å². The summed E-state index contributed by atoms with van der Waals surface area (Å²) in [5.74, 6) is 2.30. The van der Waals surface area contributed by atoms with Crippen LogP contribution in [0, 0.1) is 0 Å². The number of hydrogen-bond donors (Lipinski definition) is 0. The van der Waals surface area contributed by atoms with Gasteiger partial charge in [0.25, 0.3) is 0 Å². The van der Waals surface area contributed by atoms with Crippen LogP contribution in [0.1, 0.15) is 25.3 Å². The lowest BCUT2D eigenvalue weighted by Gasteiger charge is -2.24. The van der Waals surface area contributed by atoms with E-state index in [1.165, 1.54) is 5.56 Å². The number of aromatic nitrogens is 2. The molecule has 0 spiro atoms. The Morgan fingerprint density at radius 1 is 1.08 bits per heavy atom. The molecule has 0 N–H and O–H groups in total. The van der Waals surface area contributed by atoms with Crippen molar-refractivity contribution < 1.29 is 4.74 Å². The van der Waals surface area contributed by atoms with Crippen molar-refractivity contribution in [3.63, 3.8) is 0 Å². The molecule has 1 heterocycles. The predicted molar refractivity (Wildman–Crippen MR) is 108 cm³/mol. The van der Waals surface area contributed by atoms with E-state index < -0.39 is 0 Å². The molecule has 1 aromatic heterocycles. The van der Waals surface area contributed by atoms with Crippen LogP contribution >= 0.6 is 0 Å². The van der Waals surface area contributed by atoms with Gasteiger partial charge in [0.05, 0.1) is 12.1 Å². The quantitative estimate of drug-likeness (QED) is 0.547. The highest BCUT2D eigenvalue weighted by molar-refractivity contribution is 5.89. The Morgan fingerprint density at radius 2 is 1.85 bits per heavy atom. The van der Waals surface area contributed by atoms with E-state index in [1.54, 1.807) is 6.33 Å². The number of benzene rings is 2. The summed E-state index contributed by atoms with van der Waals surface area (Å²) in [5.41, 5.74) is 2.17. The van der Waals surface area contributed by atoms with Crippen LogP contribution in [0.5, 0.6) is 5.75 Å². The first-order chi connectivity index (χ1) is 12.7. The zero-order valence-electron chi connectivity index (χ0n) is 15.4. The van der Waals surface area contributed by atoms with Crippen molar-refractivity contribution in [3.05, 3.63) is 73.1 Å². The maximum atomic E-state index is 6.09. The van der Waals surface area contributed by atoms with E-state index in [2.05, 4.69) is 53.5 Å². The molecule has 0 saturated carbocycles. The standard InChI is InChI=1S/C22H25N3O/c1-4-13-25(22-19-10-5-7-11-20(19)23-16-24-22)14-15-26-21-12-8-6-9-18(21)17(2)3/h4-12,16-17H,1,13-15H2,2-3H3. The number of nitrogens with zero attached hydrogens (tertiary/aromatic N) is 3. The molecular formula is C22H25N3O. The van der Waals surface area contributed by atoms with Crippen LogP contribution in [0.2, 0.25) is 0 Å². The molecule has 3 rings (SSSR count). The van der Waals surface area contributed by atoms with Crippen LogP contribution < -0.4 is 9.64 Å². The minimum absolute atomic E-state index is 0.432. The molecular weight excluding hydrogens is 322 g/mol. The smallest absolute Gasteiger partial charge is 0.140 e. The molecule has 0 aliphatic heterocycles. The first-order valence-electron chi connectivity index (χ1n) is 8.98. The van der Waals surface area contributed by atoms with Gasteiger partial charge in [-0.05, 0) is 29.7 Å². The first-order valence-corrected chi connectivity index (χ1v) is 8.98. The summed E-state index contributed by atoms with van der Waals surface area (Å²) >= 11 is 0. The lowest BCUT2D eigenvalue weighted by atomic mass is 10.0. The lowest BCUT2D eigenvalue weighted by molar-refractivity contribution is 0.320. The largest absolute Gasteiger partial charge is 0.491 e. The van der Waals surface area contributed by atoms with Crippen molar-refractivity contribution >= 4 is 16.7 Å². The number of ether oxygens (including phenoxy) is 1. The second kappa shape index (κ2) is 8.48. The second-order valence-corrected chi connectivity index (χ2v) is 6.49. The van der Waals surface area contributed by atoms with Gasteiger partial charge in [-0.2, -0.15) is 0 Å². The summed E-state index contributed by atoms with van der Waals surface area (Å²) in [4.78, 5) is 11.0. The van der Waals surface area contributed by atoms with Gasteiger partial charge in [0, 0.05) is 11.9 Å². The zero-order chi connectivity index (χ0) is 18.4. The highest BCUT2D eigenvalue weighted by atomic mass is 16.5. The monoisotopic (exact) mass is 347 g/mol. The molecule has 0 unspecified atom stereocenters. The van der Waals surface area contributed by atoms with Crippen molar-refractivity contribution in [2.24, 2.45) is 0 Å². The Kier molecular flexibility index (Phi) is 5.84. The highest BCUT2D eigenvalue weighted by Crippen LogP contribution is 2.26. The van der Waals surface area contributed by atoms with E-state index in [4.69, 9.17) is 4.74 Å². The normalized spacial score (nSPS) is 10.9. The van der Waals surface area contributed by atoms with Gasteiger partial charge in [-0.3, -0.25) is 0 Å². The van der Waals surface area contributed by atoms with Crippen molar-refractivity contribution in [3.8, 4) is 5.75 Å². The molecule has 0 fully saturated rings. The van der Waals surface area contributed by atoms with E-state index >= 15 is 0 Å². The summed E-state index contributed by atoms with van der Waals surface area (Å²) in [6.07, 6.45) is 3.50. The molecule has 0 atom stereocenters. The van der Waals surface area contributed by atoms with Crippen molar-refractivity contribution in [2.45, 2.75) is 19.8 Å². The van der Waals surface area contributed by atoms with Gasteiger partial charge in [0.1, 0.15) is 24.5 Å². The van der Waals surface area contributed by atoms with Gasteiger partial charge in [0.2, 0.25) is 0 Å². The SMILES string of the molecule is C=CCN(CCOc1ccccc1C(C)C)c1ncnc2ccccc12. The summed E-state index contributed by atoms with van der Waals surface area (Å²) in [5, 5.41) is 1.04. The van der Waals surface area contributed by atoms with Crippen molar-refractivity contribution in [1.29, 1.82) is 0 Å². The highest BCUT2D eigenvalue weighted by Gasteiger charge is 2.12. The molecule has 0 aliphatic rings. The van der Waals surface area contributed by atoms with E-state index in [9.17, 15) is 0 Å². The number of para-hydroxylation sites is 2. The molecule has 4 heteroatoms. The second-order valence-electron chi connectivity index (χ2n) is 6.49. The van der Waals surface area contributed by atoms with E-state index in [0.717, 1.165) is 29.0 Å². The minimum atomic E-state index is 0.432. The summed E-state index contributed by atoms with van der Waals surface area (Å²) < 4.78 is 6.09. The maximum Gasteiger partial charge on any atom is 0.140 e. The third-order valence-corrected chi connectivity index (χ3v) is 4.33. The molecule has 0 saturated heterocycles. The maximum absolute atomic E-state index is 6.09. The molecule has 0 aliphatic carbocycles. The van der Waals surface area contributed by atoms with E-state index in [0.29, 0.717) is 19.1 Å². The Hall–Kier alpha value is -2.88. The summed E-state index contributed by atoms with van der Waals surface area (Å²) in [6, 6.07) is 16.3. The number of rotatable bonds is 8. The number of anilines is 1. The van der Waals surface area contributed by atoms with Crippen LogP contribution in [0.15, 0.2) is 67.5 Å². The fraction of sp³-hybridized carbons (Fsp3) is 0.273. The average molecular weight is 347 g/mol. The fourth-order valence-corrected chi connectivity index (χ4v) is 3.04.